The van der Waals surface area contributed by atoms with Gasteiger partial charge in [0.05, 0.1) is 4.90 Å². The molecule has 0 saturated carbocycles. The summed E-state index contributed by atoms with van der Waals surface area (Å²) in [5.41, 5.74) is 2.47. The Morgan fingerprint density at radius 3 is 2.55 bits per heavy atom. The highest BCUT2D eigenvalue weighted by Gasteiger charge is 2.24. The van der Waals surface area contributed by atoms with Crippen molar-refractivity contribution in [3.8, 4) is 0 Å². The monoisotopic (exact) mass is 435 g/mol. The minimum atomic E-state index is -3.74. The average Bonchev–Trinajstić information content (AvgIpc) is 3.11. The van der Waals surface area contributed by atoms with Crippen molar-refractivity contribution < 1.29 is 18.0 Å². The Kier molecular flexibility index (Phi) is 6.56. The third kappa shape index (κ3) is 5.35. The van der Waals surface area contributed by atoms with Crippen LogP contribution in [-0.4, -0.2) is 33.3 Å². The second-order valence-corrected chi connectivity index (χ2v) is 8.97. The van der Waals surface area contributed by atoms with Crippen LogP contribution in [0.15, 0.2) is 47.4 Å². The number of halogens is 1. The van der Waals surface area contributed by atoms with Crippen LogP contribution in [0, 0.1) is 0 Å². The highest BCUT2D eigenvalue weighted by molar-refractivity contribution is 7.89. The van der Waals surface area contributed by atoms with Crippen LogP contribution in [0.5, 0.6) is 0 Å². The zero-order chi connectivity index (χ0) is 21.0. The maximum atomic E-state index is 12.5. The number of anilines is 1. The van der Waals surface area contributed by atoms with Crippen LogP contribution in [0.25, 0.3) is 0 Å². The van der Waals surface area contributed by atoms with Crippen LogP contribution in [0.2, 0.25) is 5.02 Å². The van der Waals surface area contributed by atoms with Gasteiger partial charge in [-0.15, -0.1) is 0 Å². The fraction of sp³-hybridized carbons (Fsp3) is 0.300. The number of benzene rings is 2. The van der Waals surface area contributed by atoms with Crippen molar-refractivity contribution >= 4 is 39.1 Å². The molecule has 0 unspecified atom stereocenters. The molecule has 2 amide bonds. The van der Waals surface area contributed by atoms with Crippen molar-refractivity contribution in [1.82, 2.24) is 10.0 Å². The molecule has 0 aromatic heterocycles. The summed E-state index contributed by atoms with van der Waals surface area (Å²) in [7, 11) is -3.74. The molecule has 0 atom stereocenters. The van der Waals surface area contributed by atoms with E-state index < -0.39 is 10.0 Å². The third-order valence-corrected chi connectivity index (χ3v) is 6.39. The fourth-order valence-corrected chi connectivity index (χ4v) is 4.35. The first-order chi connectivity index (χ1) is 13.8. The van der Waals surface area contributed by atoms with Gasteiger partial charge in [0.1, 0.15) is 0 Å². The van der Waals surface area contributed by atoms with Gasteiger partial charge in [-0.3, -0.25) is 9.59 Å². The molecule has 0 aliphatic carbocycles. The summed E-state index contributed by atoms with van der Waals surface area (Å²) in [4.78, 5) is 25.3. The maximum absolute atomic E-state index is 12.5. The van der Waals surface area contributed by atoms with Gasteiger partial charge < -0.3 is 10.2 Å². The molecule has 2 N–H and O–H groups in total. The van der Waals surface area contributed by atoms with Gasteiger partial charge in [0.25, 0.3) is 0 Å². The minimum absolute atomic E-state index is 0.00849. The van der Waals surface area contributed by atoms with Gasteiger partial charge in [-0.1, -0.05) is 23.7 Å². The lowest BCUT2D eigenvalue weighted by Gasteiger charge is -2.15. The number of fused-ring (bicyclic) bond motifs is 1. The normalized spacial score (nSPS) is 13.2. The molecule has 0 spiro atoms. The Morgan fingerprint density at radius 2 is 1.86 bits per heavy atom. The number of nitrogens with one attached hydrogen (secondary N) is 2. The molecule has 2 aromatic carbocycles. The van der Waals surface area contributed by atoms with E-state index in [0.717, 1.165) is 16.8 Å². The standard InChI is InChI=1S/C20H22ClN3O4S/c1-14(25)24-11-9-16-12-18(6-7-19(16)24)29(27,28)23-10-8-20(26)22-13-15-2-4-17(21)5-3-15/h2-7,12,23H,8-11,13H2,1H3,(H,22,26). The number of nitrogens with zero attached hydrogens (tertiary/aromatic N) is 1. The van der Waals surface area contributed by atoms with Crippen molar-refractivity contribution in [3.05, 3.63) is 58.6 Å². The molecule has 0 saturated heterocycles. The summed E-state index contributed by atoms with van der Waals surface area (Å²) in [6.07, 6.45) is 0.640. The second kappa shape index (κ2) is 8.94. The van der Waals surface area contributed by atoms with E-state index >= 15 is 0 Å². The summed E-state index contributed by atoms with van der Waals surface area (Å²) in [6.45, 7) is 2.38. The van der Waals surface area contributed by atoms with E-state index in [-0.39, 0.29) is 29.7 Å². The van der Waals surface area contributed by atoms with Gasteiger partial charge in [0.15, 0.2) is 0 Å². The van der Waals surface area contributed by atoms with Gasteiger partial charge >= 0.3 is 0 Å². The molecule has 2 aromatic rings. The van der Waals surface area contributed by atoms with E-state index in [1.54, 1.807) is 29.2 Å². The summed E-state index contributed by atoms with van der Waals surface area (Å²) >= 11 is 5.82. The molecule has 29 heavy (non-hydrogen) atoms. The number of amides is 2. The molecular weight excluding hydrogens is 414 g/mol. The predicted molar refractivity (Wildman–Crippen MR) is 111 cm³/mol. The molecule has 0 fully saturated rings. The Balaban J connectivity index is 1.52. The molecule has 1 heterocycles. The highest BCUT2D eigenvalue weighted by Crippen LogP contribution is 2.30. The average molecular weight is 436 g/mol. The number of rotatable bonds is 7. The minimum Gasteiger partial charge on any atom is -0.352 e. The molecule has 1 aliphatic heterocycles. The zero-order valence-corrected chi connectivity index (χ0v) is 17.5. The van der Waals surface area contributed by atoms with E-state index in [9.17, 15) is 18.0 Å². The number of carbonyl (C=O) groups is 2. The van der Waals surface area contributed by atoms with Gasteiger partial charge in [0.2, 0.25) is 21.8 Å². The van der Waals surface area contributed by atoms with Crippen molar-refractivity contribution in [2.75, 3.05) is 18.0 Å². The number of sulfonamides is 1. The molecule has 0 radical (unpaired) electrons. The van der Waals surface area contributed by atoms with E-state index in [1.807, 2.05) is 12.1 Å². The lowest BCUT2D eigenvalue weighted by molar-refractivity contribution is -0.121. The summed E-state index contributed by atoms with van der Waals surface area (Å²) in [5, 5.41) is 3.36. The second-order valence-electron chi connectivity index (χ2n) is 6.76. The number of hydrogen-bond donors (Lipinski definition) is 2. The highest BCUT2D eigenvalue weighted by atomic mass is 35.5. The fourth-order valence-electron chi connectivity index (χ4n) is 3.15. The summed E-state index contributed by atoms with van der Waals surface area (Å²) < 4.78 is 27.5. The van der Waals surface area contributed by atoms with Crippen LogP contribution >= 0.6 is 11.6 Å². The first-order valence-electron chi connectivity index (χ1n) is 9.18. The van der Waals surface area contributed by atoms with Crippen LogP contribution in [0.1, 0.15) is 24.5 Å². The summed E-state index contributed by atoms with van der Waals surface area (Å²) in [5.74, 6) is -0.323. The van der Waals surface area contributed by atoms with E-state index in [1.165, 1.54) is 13.0 Å². The Hall–Kier alpha value is -2.42. The zero-order valence-electron chi connectivity index (χ0n) is 15.9. The SMILES string of the molecule is CC(=O)N1CCc2cc(S(=O)(=O)NCCC(=O)NCc3ccc(Cl)cc3)ccc21. The predicted octanol–water partition coefficient (Wildman–Crippen LogP) is 2.23. The molecule has 7 nitrogen and oxygen atoms in total. The Bertz CT molecular complexity index is 1020. The number of hydrogen-bond acceptors (Lipinski definition) is 4. The quantitative estimate of drug-likeness (QED) is 0.697. The van der Waals surface area contributed by atoms with Crippen molar-refractivity contribution in [2.24, 2.45) is 0 Å². The van der Waals surface area contributed by atoms with Crippen molar-refractivity contribution in [2.45, 2.75) is 31.2 Å². The summed E-state index contributed by atoms with van der Waals surface area (Å²) in [6, 6.07) is 11.8. The molecule has 3 rings (SSSR count). The Morgan fingerprint density at radius 1 is 1.14 bits per heavy atom. The molecule has 9 heteroatoms. The van der Waals surface area contributed by atoms with Gasteiger partial charge in [0, 0.05) is 43.7 Å². The van der Waals surface area contributed by atoms with Crippen LogP contribution in [0.3, 0.4) is 0 Å². The van der Waals surface area contributed by atoms with Gasteiger partial charge in [-0.05, 0) is 47.9 Å². The van der Waals surface area contributed by atoms with Crippen molar-refractivity contribution in [1.29, 1.82) is 0 Å². The van der Waals surface area contributed by atoms with E-state index in [2.05, 4.69) is 10.0 Å². The van der Waals surface area contributed by atoms with Crippen molar-refractivity contribution in [3.63, 3.8) is 0 Å². The topological polar surface area (TPSA) is 95.6 Å². The third-order valence-electron chi connectivity index (χ3n) is 4.68. The first-order valence-corrected chi connectivity index (χ1v) is 11.0. The molecule has 154 valence electrons. The maximum Gasteiger partial charge on any atom is 0.240 e. The van der Waals surface area contributed by atoms with Gasteiger partial charge in [-0.25, -0.2) is 13.1 Å². The van der Waals surface area contributed by atoms with Crippen LogP contribution in [-0.2, 0) is 32.6 Å². The van der Waals surface area contributed by atoms with E-state index in [4.69, 9.17) is 11.6 Å². The lowest BCUT2D eigenvalue weighted by atomic mass is 10.2. The molecule has 0 bridgehead atoms. The molecular formula is C20H22ClN3O4S. The first kappa shape index (κ1) is 21.3. The lowest BCUT2D eigenvalue weighted by Crippen LogP contribution is -2.30. The Labute approximate surface area is 175 Å². The van der Waals surface area contributed by atoms with Gasteiger partial charge in [-0.2, -0.15) is 0 Å². The number of carbonyl (C=O) groups excluding carboxylic acids is 2. The largest absolute Gasteiger partial charge is 0.352 e. The van der Waals surface area contributed by atoms with E-state index in [0.29, 0.717) is 24.5 Å². The molecule has 1 aliphatic rings. The smallest absolute Gasteiger partial charge is 0.240 e. The van der Waals surface area contributed by atoms with Crippen LogP contribution < -0.4 is 14.9 Å². The van der Waals surface area contributed by atoms with Crippen LogP contribution in [0.4, 0.5) is 5.69 Å².